The van der Waals surface area contributed by atoms with Gasteiger partial charge in [-0.05, 0) is 19.3 Å². The van der Waals surface area contributed by atoms with Crippen LogP contribution in [-0.2, 0) is 6.42 Å². The molecule has 7 heteroatoms. The Morgan fingerprint density at radius 3 is 2.62 bits per heavy atom. The summed E-state index contributed by atoms with van der Waals surface area (Å²) >= 11 is 0. The zero-order valence-electron chi connectivity index (χ0n) is 12.6. The first-order valence-corrected chi connectivity index (χ1v) is 7.60. The minimum atomic E-state index is -0.457. The molecule has 0 amide bonds. The fraction of sp³-hybridized carbons (Fsp3) is 0.714. The van der Waals surface area contributed by atoms with Crippen molar-refractivity contribution < 1.29 is 9.66 Å². The number of nitrogens with one attached hydrogen (secondary N) is 1. The molecule has 7 nitrogen and oxygen atoms in total. The second kappa shape index (κ2) is 7.19. The predicted octanol–water partition coefficient (Wildman–Crippen LogP) is 3.09. The first-order chi connectivity index (χ1) is 10.2. The molecule has 0 spiro atoms. The van der Waals surface area contributed by atoms with E-state index in [1.165, 1.54) is 0 Å². The smallest absolute Gasteiger partial charge is 0.372 e. The quantitative estimate of drug-likeness (QED) is 0.614. The van der Waals surface area contributed by atoms with Crippen LogP contribution in [0.2, 0.25) is 0 Å². The standard InChI is InChI=1S/C14H22N4O3/c1-3-9-21-14-12(18(19)20)13(16-11(4-2)17-14)15-10-7-5-6-8-10/h10H,3-9H2,1-2H3,(H,15,16,17). The monoisotopic (exact) mass is 294 g/mol. The number of aryl methyl sites for hydroxylation is 1. The molecule has 2 rings (SSSR count). The van der Waals surface area contributed by atoms with Gasteiger partial charge in [-0.15, -0.1) is 0 Å². The van der Waals surface area contributed by atoms with Gasteiger partial charge in [-0.3, -0.25) is 10.1 Å². The van der Waals surface area contributed by atoms with Gasteiger partial charge in [-0.2, -0.15) is 4.98 Å². The number of ether oxygens (including phenoxy) is 1. The Balaban J connectivity index is 2.35. The molecule has 1 aromatic heterocycles. The van der Waals surface area contributed by atoms with Crippen molar-refractivity contribution in [1.82, 2.24) is 9.97 Å². The van der Waals surface area contributed by atoms with Crippen LogP contribution in [0.25, 0.3) is 0 Å². The number of rotatable bonds is 7. The van der Waals surface area contributed by atoms with Crippen LogP contribution in [0.15, 0.2) is 0 Å². The fourth-order valence-corrected chi connectivity index (χ4v) is 2.46. The van der Waals surface area contributed by atoms with E-state index in [4.69, 9.17) is 4.74 Å². The van der Waals surface area contributed by atoms with E-state index >= 15 is 0 Å². The minimum Gasteiger partial charge on any atom is -0.473 e. The van der Waals surface area contributed by atoms with Gasteiger partial charge in [0, 0.05) is 12.5 Å². The topological polar surface area (TPSA) is 90.2 Å². The largest absolute Gasteiger partial charge is 0.473 e. The first kappa shape index (κ1) is 15.5. The molecule has 1 aromatic rings. The van der Waals surface area contributed by atoms with Crippen LogP contribution >= 0.6 is 0 Å². The van der Waals surface area contributed by atoms with E-state index in [1.807, 2.05) is 13.8 Å². The van der Waals surface area contributed by atoms with E-state index in [1.54, 1.807) is 0 Å². The van der Waals surface area contributed by atoms with Crippen molar-refractivity contribution in [2.75, 3.05) is 11.9 Å². The van der Waals surface area contributed by atoms with E-state index in [0.717, 1.165) is 32.1 Å². The van der Waals surface area contributed by atoms with Gasteiger partial charge in [-0.25, -0.2) is 4.98 Å². The van der Waals surface area contributed by atoms with Gasteiger partial charge < -0.3 is 10.1 Å². The van der Waals surface area contributed by atoms with Crippen molar-refractivity contribution in [2.45, 2.75) is 58.4 Å². The lowest BCUT2D eigenvalue weighted by Gasteiger charge is -2.15. The molecule has 0 unspecified atom stereocenters. The number of aromatic nitrogens is 2. The maximum atomic E-state index is 11.4. The van der Waals surface area contributed by atoms with Crippen LogP contribution in [0, 0.1) is 10.1 Å². The zero-order valence-corrected chi connectivity index (χ0v) is 12.6. The van der Waals surface area contributed by atoms with Crippen LogP contribution in [0.1, 0.15) is 51.8 Å². The molecule has 1 N–H and O–H groups in total. The molecular weight excluding hydrogens is 272 g/mol. The van der Waals surface area contributed by atoms with E-state index in [-0.39, 0.29) is 17.6 Å². The lowest BCUT2D eigenvalue weighted by Crippen LogP contribution is -2.18. The molecule has 0 aliphatic heterocycles. The lowest BCUT2D eigenvalue weighted by atomic mass is 10.2. The summed E-state index contributed by atoms with van der Waals surface area (Å²) in [6.07, 6.45) is 5.72. The normalized spacial score (nSPS) is 15.1. The summed E-state index contributed by atoms with van der Waals surface area (Å²) in [4.78, 5) is 19.4. The van der Waals surface area contributed by atoms with Crippen LogP contribution in [0.3, 0.4) is 0 Å². The van der Waals surface area contributed by atoms with Crippen LogP contribution in [0.4, 0.5) is 11.5 Å². The highest BCUT2D eigenvalue weighted by molar-refractivity contribution is 5.62. The van der Waals surface area contributed by atoms with Gasteiger partial charge in [0.25, 0.3) is 5.88 Å². The third-order valence-electron chi connectivity index (χ3n) is 3.54. The number of nitrogens with zero attached hydrogens (tertiary/aromatic N) is 3. The molecule has 21 heavy (non-hydrogen) atoms. The van der Waals surface area contributed by atoms with Gasteiger partial charge in [0.1, 0.15) is 5.82 Å². The minimum absolute atomic E-state index is 0.0780. The second-order valence-electron chi connectivity index (χ2n) is 5.23. The molecule has 116 valence electrons. The van der Waals surface area contributed by atoms with Crippen LogP contribution in [-0.4, -0.2) is 27.5 Å². The molecule has 1 saturated carbocycles. The fourth-order valence-electron chi connectivity index (χ4n) is 2.46. The SMILES string of the molecule is CCCOc1nc(CC)nc(NC2CCCC2)c1[N+](=O)[O-]. The predicted molar refractivity (Wildman–Crippen MR) is 79.7 cm³/mol. The Morgan fingerprint density at radius 2 is 2.05 bits per heavy atom. The molecule has 0 bridgehead atoms. The second-order valence-corrected chi connectivity index (χ2v) is 5.23. The molecular formula is C14H22N4O3. The molecule has 0 aromatic carbocycles. The Bertz CT molecular complexity index is 501. The number of anilines is 1. The van der Waals surface area contributed by atoms with Crippen LogP contribution in [0.5, 0.6) is 5.88 Å². The Labute approximate surface area is 124 Å². The average Bonchev–Trinajstić information content (AvgIpc) is 2.97. The summed E-state index contributed by atoms with van der Waals surface area (Å²) in [5.74, 6) is 0.936. The highest BCUT2D eigenvalue weighted by Crippen LogP contribution is 2.34. The van der Waals surface area contributed by atoms with E-state index in [0.29, 0.717) is 24.7 Å². The molecule has 0 atom stereocenters. The molecule has 1 fully saturated rings. The van der Waals surface area contributed by atoms with Crippen molar-refractivity contribution in [2.24, 2.45) is 0 Å². The average molecular weight is 294 g/mol. The summed E-state index contributed by atoms with van der Waals surface area (Å²) in [7, 11) is 0. The third-order valence-corrected chi connectivity index (χ3v) is 3.54. The van der Waals surface area contributed by atoms with Crippen molar-refractivity contribution in [1.29, 1.82) is 0 Å². The van der Waals surface area contributed by atoms with Crippen molar-refractivity contribution >= 4 is 11.5 Å². The zero-order chi connectivity index (χ0) is 15.2. The summed E-state index contributed by atoms with van der Waals surface area (Å²) in [6.45, 7) is 4.28. The lowest BCUT2D eigenvalue weighted by molar-refractivity contribution is -0.385. The Morgan fingerprint density at radius 1 is 1.33 bits per heavy atom. The number of hydrogen-bond donors (Lipinski definition) is 1. The molecule has 1 heterocycles. The van der Waals surface area contributed by atoms with Gasteiger partial charge in [0.15, 0.2) is 0 Å². The summed E-state index contributed by atoms with van der Waals surface area (Å²) in [6, 6.07) is 0.252. The maximum absolute atomic E-state index is 11.4. The Kier molecular flexibility index (Phi) is 5.30. The highest BCUT2D eigenvalue weighted by atomic mass is 16.6. The van der Waals surface area contributed by atoms with Gasteiger partial charge in [0.2, 0.25) is 5.82 Å². The molecule has 1 aliphatic carbocycles. The molecule has 0 saturated heterocycles. The molecule has 0 radical (unpaired) electrons. The van der Waals surface area contributed by atoms with E-state index in [2.05, 4.69) is 15.3 Å². The van der Waals surface area contributed by atoms with E-state index in [9.17, 15) is 10.1 Å². The maximum Gasteiger partial charge on any atom is 0.372 e. The summed E-state index contributed by atoms with van der Waals surface area (Å²) in [5, 5.41) is 14.6. The van der Waals surface area contributed by atoms with Gasteiger partial charge in [0.05, 0.1) is 11.5 Å². The van der Waals surface area contributed by atoms with Gasteiger partial charge in [-0.1, -0.05) is 26.7 Å². The van der Waals surface area contributed by atoms with Crippen LogP contribution < -0.4 is 10.1 Å². The number of hydrogen-bond acceptors (Lipinski definition) is 6. The van der Waals surface area contributed by atoms with Crippen molar-refractivity contribution in [3.63, 3.8) is 0 Å². The number of nitro groups is 1. The summed E-state index contributed by atoms with van der Waals surface area (Å²) < 4.78 is 5.46. The van der Waals surface area contributed by atoms with Crippen molar-refractivity contribution in [3.8, 4) is 5.88 Å². The van der Waals surface area contributed by atoms with E-state index < -0.39 is 4.92 Å². The Hall–Kier alpha value is -1.92. The highest BCUT2D eigenvalue weighted by Gasteiger charge is 2.28. The third kappa shape index (κ3) is 3.80. The summed E-state index contributed by atoms with van der Waals surface area (Å²) in [5.41, 5.74) is -0.146. The van der Waals surface area contributed by atoms with Crippen molar-refractivity contribution in [3.05, 3.63) is 15.9 Å². The molecule has 1 aliphatic rings. The first-order valence-electron chi connectivity index (χ1n) is 7.60. The van der Waals surface area contributed by atoms with Gasteiger partial charge >= 0.3 is 5.69 Å².